The van der Waals surface area contributed by atoms with Crippen molar-refractivity contribution < 1.29 is 14.6 Å². The van der Waals surface area contributed by atoms with Crippen LogP contribution < -0.4 is 4.74 Å². The van der Waals surface area contributed by atoms with Crippen LogP contribution in [0.2, 0.25) is 0 Å². The maximum atomic E-state index is 10.9. The highest BCUT2D eigenvalue weighted by molar-refractivity contribution is 9.10. The maximum Gasteiger partial charge on any atom is 0.317 e. The summed E-state index contributed by atoms with van der Waals surface area (Å²) in [5, 5.41) is 8.97. The summed E-state index contributed by atoms with van der Waals surface area (Å²) in [6.07, 6.45) is 2.05. The molecule has 0 saturated carbocycles. The predicted octanol–water partition coefficient (Wildman–Crippen LogP) is 2.70. The lowest BCUT2D eigenvalue weighted by Gasteiger charge is -2.37. The average molecular weight is 385 g/mol. The van der Waals surface area contributed by atoms with Gasteiger partial charge in [0.05, 0.1) is 6.54 Å². The van der Waals surface area contributed by atoms with E-state index in [4.69, 9.17) is 9.84 Å². The highest BCUT2D eigenvalue weighted by Crippen LogP contribution is 2.19. The van der Waals surface area contributed by atoms with Crippen molar-refractivity contribution in [2.75, 3.05) is 39.3 Å². The molecule has 1 saturated heterocycles. The highest BCUT2D eigenvalue weighted by atomic mass is 79.9. The van der Waals surface area contributed by atoms with Gasteiger partial charge >= 0.3 is 5.97 Å². The summed E-state index contributed by atoms with van der Waals surface area (Å²) in [5.74, 6) is 0.143. The van der Waals surface area contributed by atoms with Crippen LogP contribution >= 0.6 is 15.9 Å². The Morgan fingerprint density at radius 2 is 2.17 bits per heavy atom. The lowest BCUT2D eigenvalue weighted by atomic mass is 10.0. The SMILES string of the molecule is CCN(CC(=O)O)C1CCN(CCOc2cccc(Br)c2)CC1. The summed E-state index contributed by atoms with van der Waals surface area (Å²) >= 11 is 3.44. The van der Waals surface area contributed by atoms with Gasteiger partial charge in [0.1, 0.15) is 12.4 Å². The topological polar surface area (TPSA) is 53.0 Å². The second kappa shape index (κ2) is 9.25. The van der Waals surface area contributed by atoms with Crippen LogP contribution in [-0.4, -0.2) is 66.2 Å². The number of carbonyl (C=O) groups is 1. The van der Waals surface area contributed by atoms with Crippen molar-refractivity contribution >= 4 is 21.9 Å². The van der Waals surface area contributed by atoms with Crippen LogP contribution in [0.4, 0.5) is 0 Å². The normalized spacial score (nSPS) is 16.7. The Morgan fingerprint density at radius 3 is 2.78 bits per heavy atom. The molecule has 0 aliphatic carbocycles. The molecule has 0 bridgehead atoms. The number of rotatable bonds is 8. The first-order valence-electron chi connectivity index (χ1n) is 8.15. The third-order valence-electron chi connectivity index (χ3n) is 4.29. The number of piperidine rings is 1. The zero-order valence-electron chi connectivity index (χ0n) is 13.6. The monoisotopic (exact) mass is 384 g/mol. The Hall–Kier alpha value is -1.11. The molecule has 6 heteroatoms. The third-order valence-corrected chi connectivity index (χ3v) is 4.78. The van der Waals surface area contributed by atoms with E-state index in [1.165, 1.54) is 0 Å². The lowest BCUT2D eigenvalue weighted by Crippen LogP contribution is -2.47. The molecule has 0 unspecified atom stereocenters. The van der Waals surface area contributed by atoms with Gasteiger partial charge < -0.3 is 9.84 Å². The minimum atomic E-state index is -0.739. The fraction of sp³-hybridized carbons (Fsp3) is 0.588. The molecule has 1 aromatic rings. The molecule has 0 spiro atoms. The van der Waals surface area contributed by atoms with E-state index in [-0.39, 0.29) is 6.54 Å². The number of carboxylic acid groups (broad SMARTS) is 1. The number of nitrogens with zero attached hydrogens (tertiary/aromatic N) is 2. The molecule has 1 aromatic carbocycles. The van der Waals surface area contributed by atoms with E-state index in [1.807, 2.05) is 31.2 Å². The number of carboxylic acids is 1. The summed E-state index contributed by atoms with van der Waals surface area (Å²) < 4.78 is 6.80. The average Bonchev–Trinajstić information content (AvgIpc) is 2.53. The maximum absolute atomic E-state index is 10.9. The number of hydrogen-bond acceptors (Lipinski definition) is 4. The molecule has 0 atom stereocenters. The van der Waals surface area contributed by atoms with Crippen molar-refractivity contribution in [3.63, 3.8) is 0 Å². The van der Waals surface area contributed by atoms with Crippen LogP contribution in [0, 0.1) is 0 Å². The number of aliphatic carboxylic acids is 1. The Bertz CT molecular complexity index is 504. The van der Waals surface area contributed by atoms with Crippen LogP contribution in [-0.2, 0) is 4.79 Å². The molecule has 1 aliphatic rings. The molecule has 128 valence electrons. The van der Waals surface area contributed by atoms with Crippen molar-refractivity contribution in [1.29, 1.82) is 0 Å². The van der Waals surface area contributed by atoms with Crippen molar-refractivity contribution in [3.05, 3.63) is 28.7 Å². The lowest BCUT2D eigenvalue weighted by molar-refractivity contribution is -0.139. The molecule has 0 amide bonds. The fourth-order valence-corrected chi connectivity index (χ4v) is 3.41. The Kier molecular flexibility index (Phi) is 7.33. The molecule has 0 radical (unpaired) electrons. The summed E-state index contributed by atoms with van der Waals surface area (Å²) in [6.45, 7) is 6.56. The van der Waals surface area contributed by atoms with Gasteiger partial charge in [0.15, 0.2) is 0 Å². The van der Waals surface area contributed by atoms with Crippen LogP contribution in [0.1, 0.15) is 19.8 Å². The largest absolute Gasteiger partial charge is 0.492 e. The first-order chi connectivity index (χ1) is 11.1. The Morgan fingerprint density at radius 1 is 1.43 bits per heavy atom. The molecule has 23 heavy (non-hydrogen) atoms. The van der Waals surface area contributed by atoms with E-state index in [1.54, 1.807) is 0 Å². The predicted molar refractivity (Wildman–Crippen MR) is 94.0 cm³/mol. The highest BCUT2D eigenvalue weighted by Gasteiger charge is 2.24. The Balaban J connectivity index is 1.69. The molecule has 1 fully saturated rings. The van der Waals surface area contributed by atoms with E-state index in [2.05, 4.69) is 25.7 Å². The smallest absolute Gasteiger partial charge is 0.317 e. The summed E-state index contributed by atoms with van der Waals surface area (Å²) in [6, 6.07) is 8.26. The van der Waals surface area contributed by atoms with Crippen molar-refractivity contribution in [1.82, 2.24) is 9.80 Å². The van der Waals surface area contributed by atoms with Gasteiger partial charge in [0.2, 0.25) is 0 Å². The van der Waals surface area contributed by atoms with E-state index in [0.29, 0.717) is 12.6 Å². The first kappa shape index (κ1) is 18.2. The zero-order valence-corrected chi connectivity index (χ0v) is 15.2. The molecule has 2 rings (SSSR count). The number of benzene rings is 1. The van der Waals surface area contributed by atoms with Gasteiger partial charge in [-0.1, -0.05) is 28.9 Å². The Labute approximate surface area is 146 Å². The number of likely N-dealkylation sites (N-methyl/N-ethyl adjacent to an activating group) is 1. The van der Waals surface area contributed by atoms with Crippen molar-refractivity contribution in [3.8, 4) is 5.75 Å². The standard InChI is InChI=1S/C17H25BrN2O3/c1-2-20(13-17(21)22)15-6-8-19(9-7-15)10-11-23-16-5-3-4-14(18)12-16/h3-5,12,15H,2,6-11,13H2,1H3,(H,21,22). The molecule has 5 nitrogen and oxygen atoms in total. The second-order valence-electron chi connectivity index (χ2n) is 5.84. The third kappa shape index (κ3) is 6.12. The summed E-state index contributed by atoms with van der Waals surface area (Å²) in [7, 11) is 0. The number of hydrogen-bond donors (Lipinski definition) is 1. The van der Waals surface area contributed by atoms with E-state index >= 15 is 0 Å². The number of ether oxygens (including phenoxy) is 1. The molecule has 1 heterocycles. The van der Waals surface area contributed by atoms with Gasteiger partial charge in [-0.25, -0.2) is 0 Å². The summed E-state index contributed by atoms with van der Waals surface area (Å²) in [5.41, 5.74) is 0. The fourth-order valence-electron chi connectivity index (χ4n) is 3.03. The molecular formula is C17H25BrN2O3. The van der Waals surface area contributed by atoms with Gasteiger partial charge in [-0.2, -0.15) is 0 Å². The van der Waals surface area contributed by atoms with E-state index in [0.717, 1.165) is 49.2 Å². The van der Waals surface area contributed by atoms with Crippen LogP contribution in [0.3, 0.4) is 0 Å². The quantitative estimate of drug-likeness (QED) is 0.746. The van der Waals surface area contributed by atoms with Gasteiger partial charge in [-0.05, 0) is 50.7 Å². The van der Waals surface area contributed by atoms with Crippen LogP contribution in [0.5, 0.6) is 5.75 Å². The van der Waals surface area contributed by atoms with Gasteiger partial charge in [-0.3, -0.25) is 14.6 Å². The first-order valence-corrected chi connectivity index (χ1v) is 8.94. The molecule has 0 aromatic heterocycles. The van der Waals surface area contributed by atoms with Crippen LogP contribution in [0.15, 0.2) is 28.7 Å². The zero-order chi connectivity index (χ0) is 16.7. The van der Waals surface area contributed by atoms with E-state index < -0.39 is 5.97 Å². The molecular weight excluding hydrogens is 360 g/mol. The van der Waals surface area contributed by atoms with Gasteiger partial charge in [-0.15, -0.1) is 0 Å². The number of halogens is 1. The summed E-state index contributed by atoms with van der Waals surface area (Å²) in [4.78, 5) is 15.4. The second-order valence-corrected chi connectivity index (χ2v) is 6.75. The van der Waals surface area contributed by atoms with Crippen LogP contribution in [0.25, 0.3) is 0 Å². The minimum absolute atomic E-state index is 0.146. The number of likely N-dealkylation sites (tertiary alicyclic amines) is 1. The van der Waals surface area contributed by atoms with Crippen molar-refractivity contribution in [2.45, 2.75) is 25.8 Å². The molecule has 1 aliphatic heterocycles. The minimum Gasteiger partial charge on any atom is -0.492 e. The van der Waals surface area contributed by atoms with Crippen molar-refractivity contribution in [2.24, 2.45) is 0 Å². The van der Waals surface area contributed by atoms with E-state index in [9.17, 15) is 4.79 Å². The van der Waals surface area contributed by atoms with Gasteiger partial charge in [0.25, 0.3) is 0 Å². The van der Waals surface area contributed by atoms with Gasteiger partial charge in [0, 0.05) is 17.1 Å². The molecule has 1 N–H and O–H groups in total.